The molecule has 0 N–H and O–H groups in total. The second-order valence-electron chi connectivity index (χ2n) is 6.28. The summed E-state index contributed by atoms with van der Waals surface area (Å²) in [6.07, 6.45) is 3.29. The third kappa shape index (κ3) is 2.41. The van der Waals surface area contributed by atoms with Crippen molar-refractivity contribution in [2.24, 2.45) is 0 Å². The van der Waals surface area contributed by atoms with Crippen molar-refractivity contribution in [1.29, 1.82) is 0 Å². The van der Waals surface area contributed by atoms with Gasteiger partial charge in [-0.05, 0) is 39.2 Å². The summed E-state index contributed by atoms with van der Waals surface area (Å²) < 4.78 is 3.12. The molecule has 0 aromatic carbocycles. The van der Waals surface area contributed by atoms with Gasteiger partial charge in [0.2, 0.25) is 10.9 Å². The third-order valence-electron chi connectivity index (χ3n) is 4.56. The maximum Gasteiger partial charge on any atom is 0.299 e. The van der Waals surface area contributed by atoms with Crippen LogP contribution >= 0.6 is 11.3 Å². The summed E-state index contributed by atoms with van der Waals surface area (Å²) in [6.45, 7) is 5.56. The first kappa shape index (κ1) is 15.3. The fraction of sp³-hybridized carbons (Fsp3) is 0.500. The molecule has 4 rings (SSSR count). The van der Waals surface area contributed by atoms with Crippen LogP contribution in [-0.4, -0.2) is 43.1 Å². The SMILES string of the molecule is Cc1nn2c(=O)c3c(cc(C)n3CC(=O)N3CCCCC3)nc2s1. The molecule has 0 aliphatic carbocycles. The van der Waals surface area contributed by atoms with Crippen LogP contribution in [0.5, 0.6) is 0 Å². The molecule has 0 unspecified atom stereocenters. The molecule has 0 saturated carbocycles. The zero-order valence-corrected chi connectivity index (χ0v) is 14.6. The minimum Gasteiger partial charge on any atom is -0.341 e. The van der Waals surface area contributed by atoms with Gasteiger partial charge < -0.3 is 9.47 Å². The van der Waals surface area contributed by atoms with E-state index in [-0.39, 0.29) is 18.0 Å². The topological polar surface area (TPSA) is 72.5 Å². The Bertz CT molecular complexity index is 993. The van der Waals surface area contributed by atoms with Gasteiger partial charge in [0.15, 0.2) is 0 Å². The van der Waals surface area contributed by atoms with E-state index in [1.807, 2.05) is 24.8 Å². The van der Waals surface area contributed by atoms with Crippen molar-refractivity contribution in [1.82, 2.24) is 24.1 Å². The molecule has 24 heavy (non-hydrogen) atoms. The number of fused-ring (bicyclic) bond motifs is 2. The zero-order valence-electron chi connectivity index (χ0n) is 13.8. The Balaban J connectivity index is 1.79. The second kappa shape index (κ2) is 5.70. The van der Waals surface area contributed by atoms with Gasteiger partial charge in [-0.3, -0.25) is 9.59 Å². The molecule has 0 bridgehead atoms. The predicted molar refractivity (Wildman–Crippen MR) is 92.5 cm³/mol. The van der Waals surface area contributed by atoms with Crippen molar-refractivity contribution in [3.8, 4) is 0 Å². The Labute approximate surface area is 142 Å². The van der Waals surface area contributed by atoms with E-state index in [0.29, 0.717) is 16.0 Å². The summed E-state index contributed by atoms with van der Waals surface area (Å²) in [7, 11) is 0. The fourth-order valence-corrected chi connectivity index (χ4v) is 4.08. The highest BCUT2D eigenvalue weighted by atomic mass is 32.1. The lowest BCUT2D eigenvalue weighted by molar-refractivity contribution is -0.132. The first-order valence-electron chi connectivity index (χ1n) is 8.18. The molecule has 3 aromatic heterocycles. The number of likely N-dealkylation sites (tertiary alicyclic amines) is 1. The molecule has 0 radical (unpaired) electrons. The summed E-state index contributed by atoms with van der Waals surface area (Å²) in [5, 5.41) is 5.03. The molecule has 1 saturated heterocycles. The maximum absolute atomic E-state index is 12.8. The normalized spacial score (nSPS) is 15.5. The number of hydrogen-bond acceptors (Lipinski definition) is 5. The molecule has 1 amide bonds. The van der Waals surface area contributed by atoms with Crippen LogP contribution in [0.2, 0.25) is 0 Å². The summed E-state index contributed by atoms with van der Waals surface area (Å²) in [6, 6.07) is 1.87. The number of nitrogens with zero attached hydrogens (tertiary/aromatic N) is 5. The van der Waals surface area contributed by atoms with Crippen LogP contribution in [0.15, 0.2) is 10.9 Å². The van der Waals surface area contributed by atoms with E-state index in [9.17, 15) is 9.59 Å². The van der Waals surface area contributed by atoms with Crippen LogP contribution < -0.4 is 5.56 Å². The predicted octanol–water partition coefficient (Wildman–Crippen LogP) is 1.74. The van der Waals surface area contributed by atoms with Gasteiger partial charge >= 0.3 is 0 Å². The average molecular weight is 345 g/mol. The largest absolute Gasteiger partial charge is 0.341 e. The minimum absolute atomic E-state index is 0.0641. The van der Waals surface area contributed by atoms with E-state index in [2.05, 4.69) is 10.1 Å². The van der Waals surface area contributed by atoms with Crippen LogP contribution in [0.25, 0.3) is 16.0 Å². The van der Waals surface area contributed by atoms with Gasteiger partial charge in [-0.2, -0.15) is 9.61 Å². The van der Waals surface area contributed by atoms with E-state index in [4.69, 9.17) is 0 Å². The highest BCUT2D eigenvalue weighted by molar-refractivity contribution is 7.16. The number of carbonyl (C=O) groups excluding carboxylic acids is 1. The van der Waals surface area contributed by atoms with Crippen LogP contribution in [0.3, 0.4) is 0 Å². The Morgan fingerprint density at radius 1 is 1.25 bits per heavy atom. The van der Waals surface area contributed by atoms with Crippen molar-refractivity contribution < 1.29 is 4.79 Å². The lowest BCUT2D eigenvalue weighted by atomic mass is 10.1. The Kier molecular flexibility index (Phi) is 3.64. The quantitative estimate of drug-likeness (QED) is 0.709. The van der Waals surface area contributed by atoms with Crippen molar-refractivity contribution >= 4 is 33.2 Å². The maximum atomic E-state index is 12.8. The average Bonchev–Trinajstić information content (AvgIpc) is 3.08. The first-order chi connectivity index (χ1) is 11.5. The monoisotopic (exact) mass is 345 g/mol. The molecule has 8 heteroatoms. The van der Waals surface area contributed by atoms with Crippen LogP contribution in [0.1, 0.15) is 30.0 Å². The molecule has 1 fully saturated rings. The number of aryl methyl sites for hydroxylation is 2. The molecule has 0 atom stereocenters. The van der Waals surface area contributed by atoms with Gasteiger partial charge in [-0.1, -0.05) is 11.3 Å². The van der Waals surface area contributed by atoms with Gasteiger partial charge in [0.25, 0.3) is 5.56 Å². The number of amides is 1. The van der Waals surface area contributed by atoms with E-state index < -0.39 is 0 Å². The van der Waals surface area contributed by atoms with Crippen molar-refractivity contribution in [2.75, 3.05) is 13.1 Å². The van der Waals surface area contributed by atoms with Gasteiger partial charge in [-0.25, -0.2) is 4.98 Å². The smallest absolute Gasteiger partial charge is 0.299 e. The first-order valence-corrected chi connectivity index (χ1v) is 9.00. The Morgan fingerprint density at radius 3 is 2.75 bits per heavy atom. The number of carbonyl (C=O) groups is 1. The van der Waals surface area contributed by atoms with Crippen molar-refractivity contribution in [3.63, 3.8) is 0 Å². The molecular weight excluding hydrogens is 326 g/mol. The second-order valence-corrected chi connectivity index (χ2v) is 7.44. The van der Waals surface area contributed by atoms with Gasteiger partial charge in [0.05, 0.1) is 5.52 Å². The number of rotatable bonds is 2. The summed E-state index contributed by atoms with van der Waals surface area (Å²) >= 11 is 1.39. The highest BCUT2D eigenvalue weighted by Gasteiger charge is 2.21. The zero-order chi connectivity index (χ0) is 16.8. The van der Waals surface area contributed by atoms with Gasteiger partial charge in [0.1, 0.15) is 17.1 Å². The Hall–Kier alpha value is -2.22. The molecule has 126 valence electrons. The van der Waals surface area contributed by atoms with Crippen molar-refractivity contribution in [2.45, 2.75) is 39.7 Å². The van der Waals surface area contributed by atoms with Gasteiger partial charge in [-0.15, -0.1) is 0 Å². The van der Waals surface area contributed by atoms with Gasteiger partial charge in [0, 0.05) is 18.8 Å². The number of aromatic nitrogens is 4. The summed E-state index contributed by atoms with van der Waals surface area (Å²) in [5.74, 6) is 0.0641. The van der Waals surface area contributed by atoms with Crippen LogP contribution in [0.4, 0.5) is 0 Å². The molecule has 7 nitrogen and oxygen atoms in total. The molecule has 0 spiro atoms. The van der Waals surface area contributed by atoms with Crippen molar-refractivity contribution in [3.05, 3.63) is 27.1 Å². The molecule has 3 aromatic rings. The molecular formula is C16H19N5O2S. The number of hydrogen-bond donors (Lipinski definition) is 0. The lowest BCUT2D eigenvalue weighted by Gasteiger charge is -2.27. The third-order valence-corrected chi connectivity index (χ3v) is 5.38. The molecule has 4 heterocycles. The Morgan fingerprint density at radius 2 is 2.00 bits per heavy atom. The van der Waals surface area contributed by atoms with E-state index in [1.54, 1.807) is 4.57 Å². The fourth-order valence-electron chi connectivity index (χ4n) is 3.34. The molecule has 1 aliphatic heterocycles. The lowest BCUT2D eigenvalue weighted by Crippen LogP contribution is -2.38. The van der Waals surface area contributed by atoms with E-state index in [1.165, 1.54) is 22.3 Å². The van der Waals surface area contributed by atoms with E-state index >= 15 is 0 Å². The van der Waals surface area contributed by atoms with Crippen LogP contribution in [0, 0.1) is 13.8 Å². The highest BCUT2D eigenvalue weighted by Crippen LogP contribution is 2.19. The summed E-state index contributed by atoms with van der Waals surface area (Å²) in [4.78, 5) is 32.4. The van der Waals surface area contributed by atoms with Crippen LogP contribution in [-0.2, 0) is 11.3 Å². The summed E-state index contributed by atoms with van der Waals surface area (Å²) in [5.41, 5.74) is 1.75. The standard InChI is InChI=1S/C16H19N5O2S/c1-10-8-12-14(15(23)21-16(17-12)24-11(2)18-21)20(10)9-13(22)19-6-4-3-5-7-19/h8H,3-7,9H2,1-2H3. The molecule has 1 aliphatic rings. The minimum atomic E-state index is -0.209. The number of piperidine rings is 1. The van der Waals surface area contributed by atoms with E-state index in [0.717, 1.165) is 36.6 Å².